The number of nitrogens with zero attached hydrogens (tertiary/aromatic N) is 2. The van der Waals surface area contributed by atoms with Gasteiger partial charge in [0.2, 0.25) is 0 Å². The molecular formula is C10H11N3O6. The van der Waals surface area contributed by atoms with E-state index in [1.807, 2.05) is 4.98 Å². The third kappa shape index (κ3) is 2.18. The monoisotopic (exact) mass is 269 g/mol. The Labute approximate surface area is 105 Å². The Bertz CT molecular complexity index is 629. The van der Waals surface area contributed by atoms with E-state index in [1.165, 1.54) is 0 Å². The van der Waals surface area contributed by atoms with Gasteiger partial charge < -0.3 is 20.1 Å². The number of nitriles is 1. The zero-order chi connectivity index (χ0) is 14.2. The summed E-state index contributed by atoms with van der Waals surface area (Å²) in [4.78, 5) is 24.7. The van der Waals surface area contributed by atoms with Crippen LogP contribution in [0.5, 0.6) is 0 Å². The summed E-state index contributed by atoms with van der Waals surface area (Å²) in [6.45, 7) is -0.561. The lowest BCUT2D eigenvalue weighted by Crippen LogP contribution is -2.39. The average molecular weight is 269 g/mol. The van der Waals surface area contributed by atoms with Crippen molar-refractivity contribution < 1.29 is 20.1 Å². The van der Waals surface area contributed by atoms with Gasteiger partial charge in [0.05, 0.1) is 6.61 Å². The molecule has 2 heterocycles. The molecule has 0 saturated carbocycles. The number of hydrogen-bond donors (Lipinski definition) is 4. The number of aliphatic hydroxyl groups is 3. The van der Waals surface area contributed by atoms with E-state index in [-0.39, 0.29) is 5.69 Å². The van der Waals surface area contributed by atoms with Crippen LogP contribution in [0.2, 0.25) is 0 Å². The fraction of sp³-hybridized carbons (Fsp3) is 0.500. The number of H-pyrrole nitrogens is 1. The minimum Gasteiger partial charge on any atom is -0.394 e. The second kappa shape index (κ2) is 4.94. The highest BCUT2D eigenvalue weighted by Crippen LogP contribution is 2.28. The molecule has 1 aliphatic rings. The molecule has 4 N–H and O–H groups in total. The quantitative estimate of drug-likeness (QED) is 0.447. The minimum atomic E-state index is -1.51. The zero-order valence-corrected chi connectivity index (χ0v) is 9.55. The lowest BCUT2D eigenvalue weighted by Gasteiger charge is -2.18. The molecule has 19 heavy (non-hydrogen) atoms. The summed E-state index contributed by atoms with van der Waals surface area (Å²) in [6.07, 6.45) is -5.34. The van der Waals surface area contributed by atoms with Gasteiger partial charge in [-0.3, -0.25) is 14.3 Å². The van der Waals surface area contributed by atoms with Gasteiger partial charge in [0, 0.05) is 6.07 Å². The van der Waals surface area contributed by atoms with Crippen LogP contribution in [0.15, 0.2) is 15.7 Å². The van der Waals surface area contributed by atoms with Crippen LogP contribution in [0.4, 0.5) is 0 Å². The molecule has 4 atom stereocenters. The maximum atomic E-state index is 11.7. The van der Waals surface area contributed by atoms with E-state index >= 15 is 0 Å². The molecular weight excluding hydrogens is 258 g/mol. The normalized spacial score (nSPS) is 30.2. The Balaban J connectivity index is 2.52. The van der Waals surface area contributed by atoms with E-state index in [0.29, 0.717) is 0 Å². The average Bonchev–Trinajstić information content (AvgIpc) is 2.65. The number of aliphatic hydroxyl groups excluding tert-OH is 3. The van der Waals surface area contributed by atoms with Gasteiger partial charge in [-0.25, -0.2) is 4.79 Å². The third-order valence-electron chi connectivity index (χ3n) is 2.86. The molecule has 9 heteroatoms. The van der Waals surface area contributed by atoms with Crippen molar-refractivity contribution in [2.45, 2.75) is 24.5 Å². The first kappa shape index (κ1) is 13.4. The van der Waals surface area contributed by atoms with E-state index in [9.17, 15) is 19.8 Å². The van der Waals surface area contributed by atoms with E-state index in [4.69, 9.17) is 15.1 Å². The Morgan fingerprint density at radius 3 is 2.63 bits per heavy atom. The van der Waals surface area contributed by atoms with Crippen molar-refractivity contribution in [2.24, 2.45) is 0 Å². The van der Waals surface area contributed by atoms with Crippen molar-refractivity contribution in [3.63, 3.8) is 0 Å². The predicted molar refractivity (Wildman–Crippen MR) is 59.0 cm³/mol. The summed E-state index contributed by atoms with van der Waals surface area (Å²) >= 11 is 0. The van der Waals surface area contributed by atoms with Gasteiger partial charge in [-0.1, -0.05) is 0 Å². The molecule has 9 nitrogen and oxygen atoms in total. The fourth-order valence-electron chi connectivity index (χ4n) is 1.94. The van der Waals surface area contributed by atoms with Gasteiger partial charge in [-0.05, 0) is 0 Å². The van der Waals surface area contributed by atoms with Crippen LogP contribution in [-0.4, -0.2) is 49.8 Å². The summed E-state index contributed by atoms with van der Waals surface area (Å²) < 4.78 is 5.85. The van der Waals surface area contributed by atoms with E-state index in [2.05, 4.69) is 0 Å². The number of rotatable bonds is 2. The molecule has 2 rings (SSSR count). The smallest absolute Gasteiger partial charge is 0.331 e. The highest BCUT2D eigenvalue weighted by molar-refractivity contribution is 5.19. The van der Waals surface area contributed by atoms with Gasteiger partial charge >= 0.3 is 5.69 Å². The molecule has 1 aromatic rings. The molecule has 0 spiro atoms. The Hall–Kier alpha value is -1.99. The summed E-state index contributed by atoms with van der Waals surface area (Å²) in [5, 5.41) is 37.2. The molecule has 1 aromatic heterocycles. The number of ether oxygens (including phenoxy) is 1. The molecule has 1 saturated heterocycles. The third-order valence-corrected chi connectivity index (χ3v) is 2.86. The molecule has 0 amide bonds. The minimum absolute atomic E-state index is 0.316. The summed E-state index contributed by atoms with van der Waals surface area (Å²) in [5.41, 5.74) is -2.02. The number of aromatic amines is 1. The van der Waals surface area contributed by atoms with Crippen LogP contribution in [0.3, 0.4) is 0 Å². The van der Waals surface area contributed by atoms with Gasteiger partial charge in [0.15, 0.2) is 6.23 Å². The van der Waals surface area contributed by atoms with Crippen molar-refractivity contribution in [1.82, 2.24) is 9.55 Å². The summed E-state index contributed by atoms with van der Waals surface area (Å²) in [5.74, 6) is 0. The van der Waals surface area contributed by atoms with Crippen molar-refractivity contribution in [1.29, 1.82) is 5.26 Å². The van der Waals surface area contributed by atoms with Crippen LogP contribution in [0, 0.1) is 11.3 Å². The largest absolute Gasteiger partial charge is 0.394 e. The topological polar surface area (TPSA) is 149 Å². The molecule has 0 radical (unpaired) electrons. The van der Waals surface area contributed by atoms with Gasteiger partial charge in [-0.2, -0.15) is 5.26 Å². The maximum Gasteiger partial charge on any atom is 0.331 e. The molecule has 0 bridgehead atoms. The second-order valence-electron chi connectivity index (χ2n) is 4.03. The van der Waals surface area contributed by atoms with E-state index in [0.717, 1.165) is 10.6 Å². The Morgan fingerprint density at radius 1 is 1.42 bits per heavy atom. The molecule has 102 valence electrons. The Kier molecular flexibility index (Phi) is 3.50. The van der Waals surface area contributed by atoms with Crippen LogP contribution in [0.1, 0.15) is 11.9 Å². The molecule has 1 fully saturated rings. The SMILES string of the molecule is N#Cc1cc(=O)[nH]c(=O)n1[C@@H]1O[C@H](CO)[C@@H](O)[C@H]1O. The van der Waals surface area contributed by atoms with Crippen molar-refractivity contribution in [2.75, 3.05) is 6.61 Å². The van der Waals surface area contributed by atoms with Gasteiger partial charge in [0.1, 0.15) is 30.1 Å². The number of aromatic nitrogens is 2. The second-order valence-corrected chi connectivity index (χ2v) is 4.03. The van der Waals surface area contributed by atoms with Crippen LogP contribution < -0.4 is 11.2 Å². The first-order valence-electron chi connectivity index (χ1n) is 5.38. The van der Waals surface area contributed by atoms with Crippen LogP contribution in [0.25, 0.3) is 0 Å². The van der Waals surface area contributed by atoms with Crippen LogP contribution in [-0.2, 0) is 4.74 Å². The molecule has 0 aromatic carbocycles. The molecule has 0 aliphatic carbocycles. The van der Waals surface area contributed by atoms with E-state index in [1.54, 1.807) is 6.07 Å². The Morgan fingerprint density at radius 2 is 2.11 bits per heavy atom. The summed E-state index contributed by atoms with van der Waals surface area (Å²) in [6, 6.07) is 2.50. The fourth-order valence-corrected chi connectivity index (χ4v) is 1.94. The molecule has 1 aliphatic heterocycles. The summed E-state index contributed by atoms with van der Waals surface area (Å²) in [7, 11) is 0. The number of nitrogens with one attached hydrogen (secondary N) is 1. The predicted octanol–water partition coefficient (Wildman–Crippen LogP) is -2.98. The number of hydrogen-bond acceptors (Lipinski definition) is 7. The lowest BCUT2D eigenvalue weighted by molar-refractivity contribution is -0.0554. The maximum absolute atomic E-state index is 11.7. The van der Waals surface area contributed by atoms with Crippen molar-refractivity contribution in [3.8, 4) is 6.07 Å². The standard InChI is InChI=1S/C10H11N3O6/c11-2-4-1-6(15)12-10(18)13(4)9-8(17)7(16)5(3-14)19-9/h1,5,7-9,14,16-17H,3H2,(H,12,15,18)/t5-,7-,8-,9-/m1/s1. The molecule has 0 unspecified atom stereocenters. The first-order chi connectivity index (χ1) is 8.99. The highest BCUT2D eigenvalue weighted by atomic mass is 16.6. The zero-order valence-electron chi connectivity index (χ0n) is 9.55. The lowest BCUT2D eigenvalue weighted by atomic mass is 10.1. The first-order valence-corrected chi connectivity index (χ1v) is 5.38. The van der Waals surface area contributed by atoms with Gasteiger partial charge in [0.25, 0.3) is 5.56 Å². The van der Waals surface area contributed by atoms with Crippen molar-refractivity contribution >= 4 is 0 Å². The van der Waals surface area contributed by atoms with Gasteiger partial charge in [-0.15, -0.1) is 0 Å². The van der Waals surface area contributed by atoms with E-state index < -0.39 is 42.4 Å². The van der Waals surface area contributed by atoms with Crippen LogP contribution >= 0.6 is 0 Å². The van der Waals surface area contributed by atoms with Crippen molar-refractivity contribution in [3.05, 3.63) is 32.6 Å². The highest BCUT2D eigenvalue weighted by Gasteiger charge is 2.44.